The molecular formula is C21H26IN9O2. The number of hydrogen-bond donors (Lipinski definition) is 5. The molecular weight excluding hydrogens is 537 g/mol. The van der Waals surface area contributed by atoms with Crippen LogP contribution in [0.5, 0.6) is 0 Å². The van der Waals surface area contributed by atoms with Crippen LogP contribution in [0.2, 0.25) is 0 Å². The lowest BCUT2D eigenvalue weighted by atomic mass is 9.88. The predicted octanol–water partition coefficient (Wildman–Crippen LogP) is 1.01. The molecule has 1 saturated heterocycles. The Bertz CT molecular complexity index is 1070. The van der Waals surface area contributed by atoms with Crippen LogP contribution in [0.1, 0.15) is 34.6 Å². The summed E-state index contributed by atoms with van der Waals surface area (Å²) in [6.07, 6.45) is 1.44. The van der Waals surface area contributed by atoms with Crippen molar-refractivity contribution in [2.24, 2.45) is 4.99 Å². The van der Waals surface area contributed by atoms with Crippen molar-refractivity contribution in [1.29, 1.82) is 0 Å². The molecule has 3 amide bonds. The van der Waals surface area contributed by atoms with Gasteiger partial charge in [0.1, 0.15) is 5.82 Å². The Morgan fingerprint density at radius 2 is 1.85 bits per heavy atom. The summed E-state index contributed by atoms with van der Waals surface area (Å²) in [6, 6.07) is 9.73. The number of aliphatic imine (C=N–C) groups is 1. The number of hydrogen-bond acceptors (Lipinski definition) is 8. The van der Waals surface area contributed by atoms with E-state index in [-0.39, 0.29) is 28.9 Å². The highest BCUT2D eigenvalue weighted by Gasteiger charge is 2.40. The lowest BCUT2D eigenvalue weighted by molar-refractivity contribution is 0.0971. The van der Waals surface area contributed by atoms with E-state index in [9.17, 15) is 9.59 Å². The maximum atomic E-state index is 12.7. The number of anilines is 2. The van der Waals surface area contributed by atoms with Gasteiger partial charge in [-0.2, -0.15) is 0 Å². The lowest BCUT2D eigenvalue weighted by Crippen LogP contribution is -2.57. The molecule has 2 aliphatic rings. The van der Waals surface area contributed by atoms with E-state index in [0.29, 0.717) is 42.3 Å². The fourth-order valence-corrected chi connectivity index (χ4v) is 4.43. The number of carbonyl (C=O) groups excluding carboxylic acids is 2. The molecule has 1 aromatic heterocycles. The molecule has 0 aliphatic carbocycles. The number of aromatic nitrogens is 2. The number of nitrogens with one attached hydrogen (secondary N) is 3. The quantitative estimate of drug-likeness (QED) is 0.274. The van der Waals surface area contributed by atoms with Crippen molar-refractivity contribution in [3.63, 3.8) is 0 Å². The number of rotatable bonds is 4. The molecule has 0 radical (unpaired) electrons. The number of guanidine groups is 1. The van der Waals surface area contributed by atoms with Crippen LogP contribution in [0.4, 0.5) is 16.4 Å². The maximum absolute atomic E-state index is 12.7. The van der Waals surface area contributed by atoms with Crippen molar-refractivity contribution in [1.82, 2.24) is 30.8 Å². The van der Waals surface area contributed by atoms with Gasteiger partial charge in [-0.1, -0.05) is 52.9 Å². The van der Waals surface area contributed by atoms with Crippen LogP contribution in [0, 0.1) is 0 Å². The molecule has 7 N–H and O–H groups in total. The number of nitrogens with two attached hydrogens (primary N) is 2. The van der Waals surface area contributed by atoms with Gasteiger partial charge in [-0.15, -0.1) is 0 Å². The first-order valence-corrected chi connectivity index (χ1v) is 12.1. The van der Waals surface area contributed by atoms with Gasteiger partial charge >= 0.3 is 6.03 Å². The third-order valence-corrected chi connectivity index (χ3v) is 6.54. The summed E-state index contributed by atoms with van der Waals surface area (Å²) in [6.45, 7) is 2.21. The molecule has 1 fully saturated rings. The second kappa shape index (κ2) is 9.77. The molecule has 2 aliphatic heterocycles. The first-order chi connectivity index (χ1) is 15.9. The van der Waals surface area contributed by atoms with Crippen LogP contribution in [-0.2, 0) is 11.0 Å². The van der Waals surface area contributed by atoms with Gasteiger partial charge in [-0.3, -0.25) is 15.1 Å². The van der Waals surface area contributed by atoms with E-state index in [4.69, 9.17) is 11.5 Å². The number of urea groups is 1. The summed E-state index contributed by atoms with van der Waals surface area (Å²) in [4.78, 5) is 39.7. The number of piperidine rings is 1. The van der Waals surface area contributed by atoms with Crippen LogP contribution in [0.3, 0.4) is 0 Å². The Morgan fingerprint density at radius 3 is 2.55 bits per heavy atom. The predicted molar refractivity (Wildman–Crippen MR) is 134 cm³/mol. The normalized spacial score (nSPS) is 16.8. The van der Waals surface area contributed by atoms with E-state index < -0.39 is 5.91 Å². The first-order valence-electron chi connectivity index (χ1n) is 10.6. The second-order valence-electron chi connectivity index (χ2n) is 8.08. The molecule has 3 heterocycles. The Hall–Kier alpha value is -3.16. The average Bonchev–Trinajstić information content (AvgIpc) is 3.20. The van der Waals surface area contributed by atoms with Crippen molar-refractivity contribution >= 4 is 52.1 Å². The highest BCUT2D eigenvalue weighted by Crippen LogP contribution is 2.26. The molecule has 0 unspecified atom stereocenters. The summed E-state index contributed by atoms with van der Waals surface area (Å²) >= 11 is 2.10. The van der Waals surface area contributed by atoms with Crippen LogP contribution in [0.25, 0.3) is 0 Å². The Morgan fingerprint density at radius 1 is 1.12 bits per heavy atom. The number of nitrogens with zero attached hydrogens (tertiary/aromatic N) is 4. The standard InChI is InChI=1S/C21H26IN9O2/c22-10-14-16(23)28-17(24)15(27-14)18(32)29-19-26-12-21(30-19)6-8-31(9-7-21)20(33)25-11-13-4-2-1-3-5-13/h1-5H,6-12H2,(H,25,33)(H4,23,24,28)(H2,26,29,30,32). The minimum Gasteiger partial charge on any atom is -0.382 e. The zero-order valence-electron chi connectivity index (χ0n) is 18.0. The average molecular weight is 563 g/mol. The zero-order chi connectivity index (χ0) is 23.4. The van der Waals surface area contributed by atoms with Crippen LogP contribution in [0.15, 0.2) is 35.3 Å². The fourth-order valence-electron chi connectivity index (χ4n) is 3.87. The highest BCUT2D eigenvalue weighted by molar-refractivity contribution is 14.1. The molecule has 0 saturated carbocycles. The number of nitrogen functional groups attached to an aromatic ring is 2. The Kier molecular flexibility index (Phi) is 6.81. The van der Waals surface area contributed by atoms with E-state index in [1.807, 2.05) is 35.2 Å². The van der Waals surface area contributed by atoms with Crippen molar-refractivity contribution in [3.8, 4) is 0 Å². The summed E-state index contributed by atoms with van der Waals surface area (Å²) in [7, 11) is 0. The topological polar surface area (TPSA) is 164 Å². The van der Waals surface area contributed by atoms with E-state index in [2.05, 4.69) is 53.5 Å². The number of carbonyl (C=O) groups is 2. The van der Waals surface area contributed by atoms with E-state index >= 15 is 0 Å². The van der Waals surface area contributed by atoms with E-state index in [1.54, 1.807) is 0 Å². The minimum atomic E-state index is -0.493. The number of amides is 3. The number of likely N-dealkylation sites (tertiary alicyclic amines) is 1. The summed E-state index contributed by atoms with van der Waals surface area (Å²) in [5, 5.41) is 9.03. The van der Waals surface area contributed by atoms with Crippen LogP contribution in [-0.4, -0.2) is 57.9 Å². The van der Waals surface area contributed by atoms with Crippen molar-refractivity contribution < 1.29 is 9.59 Å². The lowest BCUT2D eigenvalue weighted by Gasteiger charge is -2.39. The zero-order valence-corrected chi connectivity index (χ0v) is 20.1. The SMILES string of the molecule is Nc1nc(N)c(C(=O)NC2=NCC3(CCN(C(=O)NCc4ccccc4)CC3)N2)nc1CI. The largest absolute Gasteiger partial charge is 0.382 e. The monoisotopic (exact) mass is 563 g/mol. The van der Waals surface area contributed by atoms with Crippen LogP contribution < -0.4 is 27.4 Å². The molecule has 0 atom stereocenters. The Balaban J connectivity index is 1.28. The molecule has 11 nitrogen and oxygen atoms in total. The van der Waals surface area contributed by atoms with Crippen molar-refractivity contribution in [3.05, 3.63) is 47.3 Å². The van der Waals surface area contributed by atoms with Crippen molar-refractivity contribution in [2.75, 3.05) is 31.1 Å². The first kappa shape index (κ1) is 23.0. The van der Waals surface area contributed by atoms with E-state index in [1.165, 1.54) is 0 Å². The van der Waals surface area contributed by atoms with E-state index in [0.717, 1.165) is 18.4 Å². The van der Waals surface area contributed by atoms with Gasteiger partial charge in [0.25, 0.3) is 5.91 Å². The molecule has 174 valence electrons. The summed E-state index contributed by atoms with van der Waals surface area (Å²) < 4.78 is 0.509. The fraction of sp³-hybridized carbons (Fsp3) is 0.381. The molecule has 0 bridgehead atoms. The van der Waals surface area contributed by atoms with Gasteiger partial charge in [-0.05, 0) is 18.4 Å². The highest BCUT2D eigenvalue weighted by atomic mass is 127. The third-order valence-electron chi connectivity index (χ3n) is 5.82. The molecule has 1 spiro atoms. The summed E-state index contributed by atoms with van der Waals surface area (Å²) in [5.41, 5.74) is 12.9. The van der Waals surface area contributed by atoms with Crippen molar-refractivity contribution in [2.45, 2.75) is 29.4 Å². The number of alkyl halides is 1. The molecule has 4 rings (SSSR count). The second-order valence-corrected chi connectivity index (χ2v) is 8.84. The van der Waals surface area contributed by atoms with Gasteiger partial charge in [0.05, 0.1) is 17.8 Å². The molecule has 1 aromatic carbocycles. The molecule has 2 aromatic rings. The third kappa shape index (κ3) is 5.26. The van der Waals surface area contributed by atoms with Gasteiger partial charge in [-0.25, -0.2) is 14.8 Å². The van der Waals surface area contributed by atoms with Crippen LogP contribution >= 0.6 is 22.6 Å². The molecule has 12 heteroatoms. The summed E-state index contributed by atoms with van der Waals surface area (Å²) in [5.74, 6) is 0.0678. The molecule has 33 heavy (non-hydrogen) atoms. The van der Waals surface area contributed by atoms with Gasteiger partial charge in [0, 0.05) is 24.1 Å². The smallest absolute Gasteiger partial charge is 0.317 e. The van der Waals surface area contributed by atoms with Gasteiger partial charge in [0.2, 0.25) is 0 Å². The number of halogens is 1. The van der Waals surface area contributed by atoms with Gasteiger partial charge in [0.15, 0.2) is 17.5 Å². The number of benzene rings is 1. The maximum Gasteiger partial charge on any atom is 0.317 e. The Labute approximate surface area is 204 Å². The minimum absolute atomic E-state index is 0.0197. The van der Waals surface area contributed by atoms with Gasteiger partial charge < -0.3 is 27.0 Å².